The fourth-order valence-electron chi connectivity index (χ4n) is 0.824. The van der Waals surface area contributed by atoms with Crippen LogP contribution in [0.2, 0.25) is 0 Å². The molecular weight excluding hydrogens is 241 g/mol. The summed E-state index contributed by atoms with van der Waals surface area (Å²) in [7, 11) is 0. The van der Waals surface area contributed by atoms with E-state index < -0.39 is 0 Å². The first kappa shape index (κ1) is 9.86. The van der Waals surface area contributed by atoms with Crippen molar-refractivity contribution in [1.82, 2.24) is 0 Å². The van der Waals surface area contributed by atoms with Gasteiger partial charge < -0.3 is 5.73 Å². The average Bonchev–Trinajstić information content (AvgIpc) is 2.01. The predicted octanol–water partition coefficient (Wildman–Crippen LogP) is 3.28. The van der Waals surface area contributed by atoms with Crippen molar-refractivity contribution in [2.45, 2.75) is 11.8 Å². The van der Waals surface area contributed by atoms with Gasteiger partial charge in [-0.2, -0.15) is 0 Å². The van der Waals surface area contributed by atoms with Crippen LogP contribution in [0.3, 0.4) is 0 Å². The monoisotopic (exact) mass is 249 g/mol. The summed E-state index contributed by atoms with van der Waals surface area (Å²) in [5, 5.41) is 0. The molecule has 66 valence electrons. The molecule has 2 N–H and O–H groups in total. The maximum Gasteiger partial charge on any atom is 0.138 e. The van der Waals surface area contributed by atoms with Gasteiger partial charge in [-0.25, -0.2) is 4.39 Å². The van der Waals surface area contributed by atoms with E-state index >= 15 is 0 Å². The number of nitrogen functional groups attached to an aromatic ring is 1. The third-order valence-electron chi connectivity index (χ3n) is 1.35. The molecule has 1 nitrogen and oxygen atoms in total. The zero-order valence-corrected chi connectivity index (χ0v) is 9.01. The predicted molar refractivity (Wildman–Crippen MR) is 54.9 cm³/mol. The molecule has 0 fully saturated rings. The van der Waals surface area contributed by atoms with E-state index in [1.807, 2.05) is 6.92 Å². The Morgan fingerprint density at radius 3 is 2.83 bits per heavy atom. The van der Waals surface area contributed by atoms with Crippen molar-refractivity contribution in [3.8, 4) is 0 Å². The number of hydrogen-bond acceptors (Lipinski definition) is 2. The molecule has 0 unspecified atom stereocenters. The molecule has 0 bridgehead atoms. The van der Waals surface area contributed by atoms with Gasteiger partial charge in [0, 0.05) is 10.6 Å². The van der Waals surface area contributed by atoms with Crippen molar-refractivity contribution in [3.63, 3.8) is 0 Å². The summed E-state index contributed by atoms with van der Waals surface area (Å²) in [4.78, 5) is 0.804. The normalized spacial score (nSPS) is 10.2. The van der Waals surface area contributed by atoms with Crippen LogP contribution in [0.5, 0.6) is 0 Å². The number of halogens is 2. The molecule has 0 radical (unpaired) electrons. The van der Waals surface area contributed by atoms with Gasteiger partial charge in [0.2, 0.25) is 0 Å². The zero-order chi connectivity index (χ0) is 9.14. The molecule has 0 heterocycles. The van der Waals surface area contributed by atoms with E-state index in [0.717, 1.165) is 10.6 Å². The summed E-state index contributed by atoms with van der Waals surface area (Å²) in [5.74, 6) is 0.630. The Hall–Kier alpha value is -0.220. The fourth-order valence-corrected chi connectivity index (χ4v) is 1.91. The first-order valence-electron chi connectivity index (χ1n) is 3.52. The number of rotatable bonds is 2. The maximum absolute atomic E-state index is 13.0. The van der Waals surface area contributed by atoms with E-state index in [4.69, 9.17) is 5.73 Å². The van der Waals surface area contributed by atoms with Gasteiger partial charge in [-0.05, 0) is 33.8 Å². The summed E-state index contributed by atoms with van der Waals surface area (Å²) >= 11 is 4.61. The van der Waals surface area contributed by atoms with Crippen molar-refractivity contribution in [2.24, 2.45) is 0 Å². The van der Waals surface area contributed by atoms with Gasteiger partial charge in [0.05, 0.1) is 4.47 Å². The van der Waals surface area contributed by atoms with E-state index in [2.05, 4.69) is 15.9 Å². The molecule has 1 aromatic carbocycles. The molecule has 0 aliphatic heterocycles. The van der Waals surface area contributed by atoms with Crippen molar-refractivity contribution >= 4 is 33.4 Å². The van der Waals surface area contributed by atoms with Crippen LogP contribution in [0, 0.1) is 5.82 Å². The lowest BCUT2D eigenvalue weighted by molar-refractivity contribution is 0.618. The number of nitrogens with two attached hydrogens (primary N) is 1. The lowest BCUT2D eigenvalue weighted by Gasteiger charge is -2.04. The van der Waals surface area contributed by atoms with E-state index in [1.165, 1.54) is 17.8 Å². The molecule has 1 rings (SSSR count). The van der Waals surface area contributed by atoms with Gasteiger partial charge in [-0.3, -0.25) is 0 Å². The molecule has 1 aromatic rings. The summed E-state index contributed by atoms with van der Waals surface area (Å²) in [5.41, 5.74) is 6.28. The van der Waals surface area contributed by atoms with Crippen LogP contribution in [-0.4, -0.2) is 5.75 Å². The molecule has 0 atom stereocenters. The van der Waals surface area contributed by atoms with Crippen LogP contribution >= 0.6 is 27.7 Å². The molecule has 12 heavy (non-hydrogen) atoms. The van der Waals surface area contributed by atoms with Crippen molar-refractivity contribution in [1.29, 1.82) is 0 Å². The maximum atomic E-state index is 13.0. The van der Waals surface area contributed by atoms with Crippen molar-refractivity contribution in [2.75, 3.05) is 11.5 Å². The molecule has 0 aliphatic rings. The smallest absolute Gasteiger partial charge is 0.138 e. The van der Waals surface area contributed by atoms with Crippen LogP contribution in [0.4, 0.5) is 10.1 Å². The van der Waals surface area contributed by atoms with Crippen LogP contribution in [-0.2, 0) is 0 Å². The minimum atomic E-state index is -0.264. The Morgan fingerprint density at radius 2 is 2.25 bits per heavy atom. The topological polar surface area (TPSA) is 26.0 Å². The van der Waals surface area contributed by atoms with E-state index in [-0.39, 0.29) is 5.82 Å². The number of thioether (sulfide) groups is 1. The molecular formula is C8H9BrFNS. The van der Waals surface area contributed by atoms with Gasteiger partial charge in [0.15, 0.2) is 0 Å². The van der Waals surface area contributed by atoms with Gasteiger partial charge in [-0.1, -0.05) is 6.92 Å². The third-order valence-corrected chi connectivity index (χ3v) is 2.91. The highest BCUT2D eigenvalue weighted by Crippen LogP contribution is 2.29. The highest BCUT2D eigenvalue weighted by atomic mass is 79.9. The van der Waals surface area contributed by atoms with E-state index in [9.17, 15) is 4.39 Å². The molecule has 0 aromatic heterocycles. The molecule has 0 saturated heterocycles. The highest BCUT2D eigenvalue weighted by Gasteiger charge is 2.04. The van der Waals surface area contributed by atoms with Gasteiger partial charge in [0.25, 0.3) is 0 Å². The second kappa shape index (κ2) is 4.14. The molecule has 4 heteroatoms. The van der Waals surface area contributed by atoms with Crippen LogP contribution in [0.1, 0.15) is 6.92 Å². The Balaban J connectivity index is 3.05. The van der Waals surface area contributed by atoms with Crippen LogP contribution in [0.25, 0.3) is 0 Å². The fraction of sp³-hybridized carbons (Fsp3) is 0.250. The molecule has 0 saturated carbocycles. The second-order valence-electron chi connectivity index (χ2n) is 2.24. The Labute approximate surface area is 83.7 Å². The first-order chi connectivity index (χ1) is 5.65. The number of benzene rings is 1. The SMILES string of the molecule is CCSc1cc(F)c(Br)cc1N. The Morgan fingerprint density at radius 1 is 1.58 bits per heavy atom. The number of hydrogen-bond donors (Lipinski definition) is 1. The zero-order valence-electron chi connectivity index (χ0n) is 6.60. The second-order valence-corrected chi connectivity index (χ2v) is 4.40. The van der Waals surface area contributed by atoms with Gasteiger partial charge in [-0.15, -0.1) is 11.8 Å². The summed E-state index contributed by atoms with van der Waals surface area (Å²) in [6, 6.07) is 3.04. The van der Waals surface area contributed by atoms with E-state index in [0.29, 0.717) is 10.2 Å². The third kappa shape index (κ3) is 2.14. The number of anilines is 1. The molecule has 0 amide bonds. The minimum absolute atomic E-state index is 0.264. The minimum Gasteiger partial charge on any atom is -0.398 e. The standard InChI is InChI=1S/C8H9BrFNS/c1-2-12-8-4-6(10)5(9)3-7(8)11/h3-4H,2,11H2,1H3. The van der Waals surface area contributed by atoms with Crippen LogP contribution < -0.4 is 5.73 Å². The molecule has 0 aliphatic carbocycles. The lowest BCUT2D eigenvalue weighted by atomic mass is 10.3. The summed E-state index contributed by atoms with van der Waals surface area (Å²) in [6.07, 6.45) is 0. The lowest BCUT2D eigenvalue weighted by Crippen LogP contribution is -1.91. The summed E-state index contributed by atoms with van der Waals surface area (Å²) in [6.45, 7) is 2.00. The largest absolute Gasteiger partial charge is 0.398 e. The van der Waals surface area contributed by atoms with Crippen molar-refractivity contribution in [3.05, 3.63) is 22.4 Å². The summed E-state index contributed by atoms with van der Waals surface area (Å²) < 4.78 is 13.4. The van der Waals surface area contributed by atoms with Crippen LogP contribution in [0.15, 0.2) is 21.5 Å². The Bertz CT molecular complexity index is 291. The average molecular weight is 250 g/mol. The highest BCUT2D eigenvalue weighted by molar-refractivity contribution is 9.10. The first-order valence-corrected chi connectivity index (χ1v) is 5.30. The van der Waals surface area contributed by atoms with Gasteiger partial charge >= 0.3 is 0 Å². The quantitative estimate of drug-likeness (QED) is 0.643. The molecule has 0 spiro atoms. The van der Waals surface area contributed by atoms with Crippen molar-refractivity contribution < 1.29 is 4.39 Å². The Kier molecular flexibility index (Phi) is 3.40. The van der Waals surface area contributed by atoms with Gasteiger partial charge in [0.1, 0.15) is 5.82 Å². The van der Waals surface area contributed by atoms with E-state index in [1.54, 1.807) is 6.07 Å².